The van der Waals surface area contributed by atoms with Gasteiger partial charge in [0.05, 0.1) is 30.5 Å². The number of rotatable bonds is 4. The van der Waals surface area contributed by atoms with E-state index in [4.69, 9.17) is 26.2 Å². The van der Waals surface area contributed by atoms with E-state index in [9.17, 15) is 9.18 Å². The lowest BCUT2D eigenvalue weighted by Gasteiger charge is -2.13. The number of methoxy groups -OCH3 is 2. The number of aromatic carboxylic acids is 1. The van der Waals surface area contributed by atoms with Crippen molar-refractivity contribution in [3.05, 3.63) is 28.7 Å². The first-order valence-electron chi connectivity index (χ1n) is 5.38. The maximum absolute atomic E-state index is 13.8. The van der Waals surface area contributed by atoms with Crippen molar-refractivity contribution in [1.29, 1.82) is 0 Å². The number of benzene rings is 1. The van der Waals surface area contributed by atoms with E-state index < -0.39 is 11.8 Å². The van der Waals surface area contributed by atoms with Gasteiger partial charge in [0.2, 0.25) is 0 Å². The second-order valence-corrected chi connectivity index (χ2v) is 4.13. The van der Waals surface area contributed by atoms with E-state index in [1.807, 2.05) is 0 Å². The molecule has 0 atom stereocenters. The maximum atomic E-state index is 13.8. The van der Waals surface area contributed by atoms with E-state index in [2.05, 4.69) is 10.2 Å². The summed E-state index contributed by atoms with van der Waals surface area (Å²) in [6, 6.07) is 2.31. The number of carbonyl (C=O) groups is 1. The predicted molar refractivity (Wildman–Crippen MR) is 69.1 cm³/mol. The van der Waals surface area contributed by atoms with Crippen LogP contribution in [0.15, 0.2) is 12.1 Å². The molecule has 1 heterocycles. The third-order valence-electron chi connectivity index (χ3n) is 2.63. The van der Waals surface area contributed by atoms with E-state index in [1.54, 1.807) is 0 Å². The molecule has 8 heteroatoms. The van der Waals surface area contributed by atoms with Crippen LogP contribution in [0.1, 0.15) is 10.5 Å². The fraction of sp³-hybridized carbons (Fsp3) is 0.167. The predicted octanol–water partition coefficient (Wildman–Crippen LogP) is 2.58. The molecule has 0 spiro atoms. The summed E-state index contributed by atoms with van der Waals surface area (Å²) in [5.74, 6) is -1.62. The van der Waals surface area contributed by atoms with Gasteiger partial charge in [0.1, 0.15) is 11.5 Å². The van der Waals surface area contributed by atoms with Gasteiger partial charge in [-0.3, -0.25) is 5.10 Å². The molecule has 106 valence electrons. The van der Waals surface area contributed by atoms with Crippen molar-refractivity contribution < 1.29 is 23.8 Å². The highest BCUT2D eigenvalue weighted by molar-refractivity contribution is 6.34. The van der Waals surface area contributed by atoms with Gasteiger partial charge in [-0.15, -0.1) is 0 Å². The summed E-state index contributed by atoms with van der Waals surface area (Å²) in [5, 5.41) is 14.7. The van der Waals surface area contributed by atoms with Gasteiger partial charge in [-0.1, -0.05) is 11.6 Å². The average molecular weight is 301 g/mol. The van der Waals surface area contributed by atoms with Gasteiger partial charge in [0.25, 0.3) is 0 Å². The van der Waals surface area contributed by atoms with Gasteiger partial charge < -0.3 is 14.6 Å². The van der Waals surface area contributed by atoms with Crippen LogP contribution in [0, 0.1) is 5.82 Å². The largest absolute Gasteiger partial charge is 0.493 e. The number of aromatic nitrogens is 2. The van der Waals surface area contributed by atoms with Crippen LogP contribution in [0.25, 0.3) is 11.3 Å². The van der Waals surface area contributed by atoms with Crippen molar-refractivity contribution >= 4 is 17.6 Å². The number of ether oxygens (including phenoxy) is 2. The lowest BCUT2D eigenvalue weighted by molar-refractivity contribution is 0.0690. The Hall–Kier alpha value is -2.28. The molecular weight excluding hydrogens is 291 g/mol. The Labute approximate surface area is 118 Å². The first kappa shape index (κ1) is 14.1. The Morgan fingerprint density at radius 1 is 1.40 bits per heavy atom. The van der Waals surface area contributed by atoms with Crippen LogP contribution in [0.3, 0.4) is 0 Å². The van der Waals surface area contributed by atoms with Crippen LogP contribution in [0.5, 0.6) is 11.5 Å². The van der Waals surface area contributed by atoms with E-state index in [0.717, 1.165) is 6.07 Å². The molecule has 0 amide bonds. The molecule has 0 aliphatic carbocycles. The van der Waals surface area contributed by atoms with Crippen LogP contribution >= 0.6 is 11.6 Å². The van der Waals surface area contributed by atoms with Crippen LogP contribution in [0.2, 0.25) is 5.02 Å². The lowest BCUT2D eigenvalue weighted by Crippen LogP contribution is -1.97. The zero-order chi connectivity index (χ0) is 14.9. The number of hydrogen-bond acceptors (Lipinski definition) is 4. The minimum atomic E-state index is -1.19. The van der Waals surface area contributed by atoms with Crippen molar-refractivity contribution in [3.63, 3.8) is 0 Å². The van der Waals surface area contributed by atoms with Crippen molar-refractivity contribution in [1.82, 2.24) is 10.2 Å². The zero-order valence-corrected chi connectivity index (χ0v) is 11.3. The summed E-state index contributed by atoms with van der Waals surface area (Å²) < 4.78 is 23.9. The van der Waals surface area contributed by atoms with Crippen LogP contribution in [0.4, 0.5) is 4.39 Å². The molecule has 0 radical (unpaired) electrons. The Bertz CT molecular complexity index is 672. The fourth-order valence-corrected chi connectivity index (χ4v) is 1.97. The Balaban J connectivity index is 2.70. The summed E-state index contributed by atoms with van der Waals surface area (Å²) >= 11 is 5.92. The number of aromatic amines is 1. The summed E-state index contributed by atoms with van der Waals surface area (Å²) in [6.45, 7) is 0. The quantitative estimate of drug-likeness (QED) is 0.906. The minimum absolute atomic E-state index is 0.120. The summed E-state index contributed by atoms with van der Waals surface area (Å²) in [4.78, 5) is 10.8. The molecule has 2 aromatic rings. The molecule has 2 N–H and O–H groups in total. The maximum Gasteiger partial charge on any atom is 0.353 e. The molecule has 0 aliphatic rings. The first-order valence-corrected chi connectivity index (χ1v) is 5.76. The molecule has 6 nitrogen and oxygen atoms in total. The van der Waals surface area contributed by atoms with E-state index in [0.29, 0.717) is 0 Å². The normalized spacial score (nSPS) is 10.4. The van der Waals surface area contributed by atoms with Crippen molar-refractivity contribution in [2.45, 2.75) is 0 Å². The van der Waals surface area contributed by atoms with Crippen molar-refractivity contribution in [3.8, 4) is 22.8 Å². The van der Waals surface area contributed by atoms with Crippen molar-refractivity contribution in [2.24, 2.45) is 0 Å². The molecule has 2 rings (SSSR count). The molecule has 20 heavy (non-hydrogen) atoms. The summed E-state index contributed by atoms with van der Waals surface area (Å²) in [7, 11) is 2.71. The van der Waals surface area contributed by atoms with Gasteiger partial charge in [-0.25, -0.2) is 9.18 Å². The third-order valence-corrected chi connectivity index (χ3v) is 3.00. The minimum Gasteiger partial charge on any atom is -0.493 e. The highest BCUT2D eigenvalue weighted by atomic mass is 35.5. The molecule has 0 saturated heterocycles. The van der Waals surface area contributed by atoms with E-state index >= 15 is 0 Å². The highest BCUT2D eigenvalue weighted by Gasteiger charge is 2.23. The molecule has 1 aromatic carbocycles. The number of carboxylic acid groups (broad SMARTS) is 1. The number of H-pyrrole nitrogens is 1. The second-order valence-electron chi connectivity index (χ2n) is 3.75. The highest BCUT2D eigenvalue weighted by Crippen LogP contribution is 2.43. The van der Waals surface area contributed by atoms with Crippen molar-refractivity contribution in [2.75, 3.05) is 14.2 Å². The van der Waals surface area contributed by atoms with Gasteiger partial charge >= 0.3 is 5.97 Å². The van der Waals surface area contributed by atoms with Crippen LogP contribution < -0.4 is 9.47 Å². The molecule has 0 fully saturated rings. The van der Waals surface area contributed by atoms with E-state index in [-0.39, 0.29) is 33.5 Å². The molecule has 0 saturated carbocycles. The first-order chi connectivity index (χ1) is 9.49. The number of nitrogens with zero attached hydrogens (tertiary/aromatic N) is 1. The van der Waals surface area contributed by atoms with Gasteiger partial charge in [-0.05, 0) is 6.07 Å². The molecule has 1 aromatic heterocycles. The average Bonchev–Trinajstić information content (AvgIpc) is 2.90. The molecular formula is C12H10ClFN2O4. The SMILES string of the molecule is COc1cc(F)c(Cl)c(-c2cc(C(=O)O)[nH]n2)c1OC. The lowest BCUT2D eigenvalue weighted by atomic mass is 10.1. The van der Waals surface area contributed by atoms with E-state index in [1.165, 1.54) is 20.3 Å². The third kappa shape index (κ3) is 2.27. The number of hydrogen-bond donors (Lipinski definition) is 2. The molecule has 0 bridgehead atoms. The van der Waals surface area contributed by atoms with Crippen LogP contribution in [-0.4, -0.2) is 35.5 Å². The van der Waals surface area contributed by atoms with Crippen LogP contribution in [-0.2, 0) is 0 Å². The molecule has 0 unspecified atom stereocenters. The Morgan fingerprint density at radius 2 is 2.10 bits per heavy atom. The molecule has 0 aliphatic heterocycles. The second kappa shape index (κ2) is 5.38. The zero-order valence-electron chi connectivity index (χ0n) is 10.5. The number of carboxylic acids is 1. The fourth-order valence-electron chi connectivity index (χ4n) is 1.73. The smallest absolute Gasteiger partial charge is 0.353 e. The van der Waals surface area contributed by atoms with Gasteiger partial charge in [0.15, 0.2) is 11.5 Å². The Kier molecular flexibility index (Phi) is 3.80. The topological polar surface area (TPSA) is 84.4 Å². The summed E-state index contributed by atoms with van der Waals surface area (Å²) in [6.07, 6.45) is 0. The van der Waals surface area contributed by atoms with Gasteiger partial charge in [0, 0.05) is 6.07 Å². The number of halogens is 2. The van der Waals surface area contributed by atoms with Gasteiger partial charge in [-0.2, -0.15) is 5.10 Å². The standard InChI is InChI=1S/C12H10ClFN2O4/c1-19-8-3-5(14)10(13)9(11(8)20-2)6-4-7(12(17)18)16-15-6/h3-4H,1-2H3,(H,15,16)(H,17,18). The monoisotopic (exact) mass is 300 g/mol. The Morgan fingerprint density at radius 3 is 2.60 bits per heavy atom. The summed E-state index contributed by atoms with van der Waals surface area (Å²) in [5.41, 5.74) is 0.109. The number of nitrogens with one attached hydrogen (secondary N) is 1.